The zero-order chi connectivity index (χ0) is 27.6. The smallest absolute Gasteiger partial charge is 0.168 e. The van der Waals surface area contributed by atoms with Crippen LogP contribution < -0.4 is 0 Å². The molecule has 0 radical (unpaired) electrons. The first kappa shape index (κ1) is 30.1. The second-order valence-corrected chi connectivity index (χ2v) is 10.5. The molecule has 0 spiro atoms. The summed E-state index contributed by atoms with van der Waals surface area (Å²) in [4.78, 5) is 0. The summed E-state index contributed by atoms with van der Waals surface area (Å²) in [5.74, 6) is -10.6. The van der Waals surface area contributed by atoms with Crippen LogP contribution in [0, 0.1) is 17.8 Å². The first-order valence-corrected chi connectivity index (χ1v) is 12.1. The Labute approximate surface area is 203 Å². The molecule has 36 heavy (non-hydrogen) atoms. The van der Waals surface area contributed by atoms with Gasteiger partial charge < -0.3 is 0 Å². The summed E-state index contributed by atoms with van der Waals surface area (Å²) in [5.41, 5.74) is 0. The van der Waals surface area contributed by atoms with E-state index in [0.717, 1.165) is 0 Å². The first-order valence-electron chi connectivity index (χ1n) is 10.5. The highest BCUT2D eigenvalue weighted by atomic mass is 35.7. The molecule has 212 valence electrons. The standard InChI is InChI=1S/C19H18ClF15S/c20-36-19(1-4(21)10(27)16(33)11(28)5(1)22,2-6(23)12(29)17(34)13(30)7(2)24)3-8(25)14(31)18(35)15(32)9(3)26/h1-18H. The highest BCUT2D eigenvalue weighted by Crippen LogP contribution is 2.63. The largest absolute Gasteiger partial charge is 0.244 e. The molecule has 0 aromatic rings. The Morgan fingerprint density at radius 1 is 0.306 bits per heavy atom. The van der Waals surface area contributed by atoms with Gasteiger partial charge in [0, 0.05) is 17.8 Å². The summed E-state index contributed by atoms with van der Waals surface area (Å²) in [5, 5.41) is 0. The van der Waals surface area contributed by atoms with Crippen molar-refractivity contribution < 1.29 is 65.9 Å². The van der Waals surface area contributed by atoms with Gasteiger partial charge >= 0.3 is 0 Å². The zero-order valence-corrected chi connectivity index (χ0v) is 18.9. The second-order valence-electron chi connectivity index (χ2n) is 9.17. The molecule has 12 unspecified atom stereocenters. The van der Waals surface area contributed by atoms with Gasteiger partial charge in [-0.25, -0.2) is 65.9 Å². The van der Waals surface area contributed by atoms with Crippen molar-refractivity contribution in [2.45, 2.75) is 97.3 Å². The lowest BCUT2D eigenvalue weighted by atomic mass is 9.57. The Balaban J connectivity index is 2.33. The van der Waals surface area contributed by atoms with Crippen molar-refractivity contribution >= 4 is 21.7 Å². The van der Waals surface area contributed by atoms with Crippen LogP contribution in [-0.4, -0.2) is 97.3 Å². The Kier molecular flexibility index (Phi) is 8.90. The SMILES string of the molecule is FC1C(F)C(F)C(C(SCl)(C2C(F)C(F)C(F)C(F)C2F)C2C(F)C(F)C(F)C(F)C2F)C(F)C1F. The van der Waals surface area contributed by atoms with Crippen molar-refractivity contribution in [3.8, 4) is 0 Å². The molecule has 0 aromatic heterocycles. The summed E-state index contributed by atoms with van der Waals surface area (Å²) >= 11 is 0. The minimum absolute atomic E-state index is 0.960. The van der Waals surface area contributed by atoms with Crippen LogP contribution in [0.1, 0.15) is 0 Å². The van der Waals surface area contributed by atoms with E-state index in [4.69, 9.17) is 10.7 Å². The van der Waals surface area contributed by atoms with E-state index < -0.39 is 126 Å². The monoisotopic (exact) mass is 598 g/mol. The number of alkyl halides is 15. The van der Waals surface area contributed by atoms with Gasteiger partial charge in [-0.15, -0.1) is 0 Å². The molecule has 17 heteroatoms. The number of halogens is 16. The van der Waals surface area contributed by atoms with E-state index in [0.29, 0.717) is 0 Å². The molecular formula is C19H18ClF15S. The average Bonchev–Trinajstić information content (AvgIpc) is 2.85. The van der Waals surface area contributed by atoms with Gasteiger partial charge in [0.25, 0.3) is 0 Å². The van der Waals surface area contributed by atoms with Crippen molar-refractivity contribution in [1.29, 1.82) is 0 Å². The summed E-state index contributed by atoms with van der Waals surface area (Å²) < 4.78 is 213. The Bertz CT molecular complexity index is 627. The lowest BCUT2D eigenvalue weighted by Gasteiger charge is -2.58. The highest BCUT2D eigenvalue weighted by molar-refractivity contribution is 8.22. The molecule has 12 atom stereocenters. The highest BCUT2D eigenvalue weighted by Gasteiger charge is 2.74. The van der Waals surface area contributed by atoms with E-state index in [1.807, 2.05) is 0 Å². The third-order valence-electron chi connectivity index (χ3n) is 7.41. The van der Waals surface area contributed by atoms with Crippen LogP contribution in [0.25, 0.3) is 0 Å². The zero-order valence-electron chi connectivity index (χ0n) is 17.3. The molecule has 0 bridgehead atoms. The van der Waals surface area contributed by atoms with E-state index in [9.17, 15) is 39.5 Å². The second kappa shape index (κ2) is 10.6. The molecule has 3 fully saturated rings. The van der Waals surface area contributed by atoms with Crippen LogP contribution in [0.5, 0.6) is 0 Å². The molecule has 0 aliphatic heterocycles. The fourth-order valence-corrected chi connectivity index (χ4v) is 7.62. The van der Waals surface area contributed by atoms with Crippen molar-refractivity contribution in [2.24, 2.45) is 17.8 Å². The topological polar surface area (TPSA) is 0 Å². The molecule has 3 saturated carbocycles. The lowest BCUT2D eigenvalue weighted by molar-refractivity contribution is -0.179. The number of rotatable bonds is 4. The van der Waals surface area contributed by atoms with Crippen LogP contribution in [0.15, 0.2) is 0 Å². The van der Waals surface area contributed by atoms with Crippen molar-refractivity contribution in [2.75, 3.05) is 0 Å². The maximum absolute atomic E-state index is 15.1. The molecular weight excluding hydrogens is 581 g/mol. The summed E-state index contributed by atoms with van der Waals surface area (Å²) in [6.07, 6.45) is -55.9. The van der Waals surface area contributed by atoms with E-state index in [-0.39, 0.29) is 0 Å². The molecule has 3 rings (SSSR count). The molecule has 0 aromatic carbocycles. The minimum Gasteiger partial charge on any atom is -0.244 e. The molecule has 0 N–H and O–H groups in total. The van der Waals surface area contributed by atoms with E-state index in [2.05, 4.69) is 0 Å². The molecule has 3 aliphatic carbocycles. The van der Waals surface area contributed by atoms with E-state index >= 15 is 26.3 Å². The molecule has 0 nitrogen and oxygen atoms in total. The maximum atomic E-state index is 15.1. The Hall–Kier alpha value is -0.410. The lowest BCUT2D eigenvalue weighted by Crippen LogP contribution is -2.73. The van der Waals surface area contributed by atoms with Crippen molar-refractivity contribution in [1.82, 2.24) is 0 Å². The average molecular weight is 599 g/mol. The van der Waals surface area contributed by atoms with Gasteiger partial charge in [-0.1, -0.05) is 0 Å². The van der Waals surface area contributed by atoms with Gasteiger partial charge in [-0.2, -0.15) is 0 Å². The fraction of sp³-hybridized carbons (Fsp3) is 1.00. The first-order chi connectivity index (χ1) is 16.6. The van der Waals surface area contributed by atoms with Crippen LogP contribution in [0.2, 0.25) is 0 Å². The fourth-order valence-electron chi connectivity index (χ4n) is 5.61. The van der Waals surface area contributed by atoms with Gasteiger partial charge in [-0.05, 0) is 21.7 Å². The molecule has 0 amide bonds. The Morgan fingerprint density at radius 3 is 0.583 bits per heavy atom. The summed E-state index contributed by atoms with van der Waals surface area (Å²) in [7, 11) is 4.55. The quantitative estimate of drug-likeness (QED) is 0.330. The number of hydrogen-bond donors (Lipinski definition) is 0. The minimum atomic E-state index is -4.09. The van der Waals surface area contributed by atoms with Crippen LogP contribution in [0.3, 0.4) is 0 Å². The van der Waals surface area contributed by atoms with E-state index in [1.165, 1.54) is 0 Å². The van der Waals surface area contributed by atoms with E-state index in [1.54, 1.807) is 0 Å². The van der Waals surface area contributed by atoms with Gasteiger partial charge in [-0.3, -0.25) is 0 Å². The molecule has 0 saturated heterocycles. The van der Waals surface area contributed by atoms with Gasteiger partial charge in [0.2, 0.25) is 0 Å². The van der Waals surface area contributed by atoms with Gasteiger partial charge in [0.1, 0.15) is 37.0 Å². The summed E-state index contributed by atoms with van der Waals surface area (Å²) in [6, 6.07) is 0. The van der Waals surface area contributed by atoms with Crippen molar-refractivity contribution in [3.05, 3.63) is 0 Å². The Morgan fingerprint density at radius 2 is 0.444 bits per heavy atom. The normalized spacial score (nSPS) is 58.3. The van der Waals surface area contributed by atoms with Gasteiger partial charge in [0.05, 0.1) is 4.75 Å². The number of hydrogen-bond acceptors (Lipinski definition) is 1. The van der Waals surface area contributed by atoms with Gasteiger partial charge in [0.15, 0.2) is 55.5 Å². The van der Waals surface area contributed by atoms with Crippen LogP contribution in [0.4, 0.5) is 65.9 Å². The maximum Gasteiger partial charge on any atom is 0.168 e. The van der Waals surface area contributed by atoms with Crippen LogP contribution >= 0.6 is 21.7 Å². The predicted octanol–water partition coefficient (Wildman–Crippen LogP) is 6.57. The van der Waals surface area contributed by atoms with Crippen LogP contribution in [-0.2, 0) is 0 Å². The third kappa shape index (κ3) is 4.16. The molecule has 0 heterocycles. The summed E-state index contributed by atoms with van der Waals surface area (Å²) in [6.45, 7) is 0. The third-order valence-corrected chi connectivity index (χ3v) is 9.29. The predicted molar refractivity (Wildman–Crippen MR) is 100 cm³/mol. The van der Waals surface area contributed by atoms with Crippen molar-refractivity contribution in [3.63, 3.8) is 0 Å². The molecule has 3 aliphatic rings.